The molecule has 1 fully saturated rings. The number of carbonyl (C=O) groups excluding carboxylic acids is 2. The number of anilines is 1. The van der Waals surface area contributed by atoms with Crippen LogP contribution in [0.1, 0.15) is 39.4 Å². The monoisotopic (exact) mass is 454 g/mol. The van der Waals surface area contributed by atoms with E-state index >= 15 is 0 Å². The third-order valence-corrected chi connectivity index (χ3v) is 5.99. The van der Waals surface area contributed by atoms with Crippen LogP contribution in [0, 0.1) is 12.7 Å². The topological polar surface area (TPSA) is 114 Å². The Balaban J connectivity index is 1.88. The van der Waals surface area contributed by atoms with Crippen molar-refractivity contribution in [2.75, 3.05) is 19.9 Å². The number of amides is 2. The molecule has 0 spiro atoms. The van der Waals surface area contributed by atoms with Gasteiger partial charge in [0.25, 0.3) is 11.8 Å². The number of nitrogens with two attached hydrogens (primary N) is 2. The highest BCUT2D eigenvalue weighted by molar-refractivity contribution is 6.05. The lowest BCUT2D eigenvalue weighted by Gasteiger charge is -2.22. The SMILES string of the molecule is COc1cc(-c2c(C(N)=O)[nH]c(C)c2-c2ccc(N)cc2F)ccc1C(=O)N(C)C1(F)CC1. The molecule has 2 amide bonds. The van der Waals surface area contributed by atoms with E-state index < -0.39 is 23.4 Å². The van der Waals surface area contributed by atoms with Crippen LogP contribution in [0.15, 0.2) is 36.4 Å². The molecule has 2 aromatic carbocycles. The molecule has 3 aromatic rings. The van der Waals surface area contributed by atoms with E-state index in [-0.39, 0.29) is 41.1 Å². The highest BCUT2D eigenvalue weighted by Crippen LogP contribution is 2.44. The Morgan fingerprint density at radius 1 is 1.15 bits per heavy atom. The number of aryl methyl sites for hydroxylation is 1. The highest BCUT2D eigenvalue weighted by Gasteiger charge is 2.49. The maximum Gasteiger partial charge on any atom is 0.265 e. The average molecular weight is 454 g/mol. The van der Waals surface area contributed by atoms with Crippen molar-refractivity contribution in [1.29, 1.82) is 0 Å². The zero-order valence-corrected chi connectivity index (χ0v) is 18.5. The van der Waals surface area contributed by atoms with E-state index in [0.29, 0.717) is 22.4 Å². The number of methoxy groups -OCH3 is 1. The van der Waals surface area contributed by atoms with Crippen LogP contribution in [0.2, 0.25) is 0 Å². The number of carbonyl (C=O) groups is 2. The molecule has 0 aliphatic heterocycles. The fourth-order valence-electron chi connectivity index (χ4n) is 3.99. The van der Waals surface area contributed by atoms with Gasteiger partial charge in [-0.2, -0.15) is 0 Å². The summed E-state index contributed by atoms with van der Waals surface area (Å²) in [5, 5.41) is 0. The van der Waals surface area contributed by atoms with E-state index in [1.807, 2.05) is 0 Å². The molecule has 0 bridgehead atoms. The normalized spacial score (nSPS) is 14.1. The van der Waals surface area contributed by atoms with Gasteiger partial charge in [-0.25, -0.2) is 8.78 Å². The molecule has 0 atom stereocenters. The number of benzene rings is 2. The number of nitrogens with zero attached hydrogens (tertiary/aromatic N) is 1. The Morgan fingerprint density at radius 3 is 2.42 bits per heavy atom. The van der Waals surface area contributed by atoms with E-state index in [9.17, 15) is 18.4 Å². The Kier molecular flexibility index (Phi) is 5.35. The minimum Gasteiger partial charge on any atom is -0.496 e. The lowest BCUT2D eigenvalue weighted by molar-refractivity contribution is 0.0472. The fourth-order valence-corrected chi connectivity index (χ4v) is 3.99. The highest BCUT2D eigenvalue weighted by atomic mass is 19.1. The Hall–Kier alpha value is -3.88. The summed E-state index contributed by atoms with van der Waals surface area (Å²) in [6, 6.07) is 8.91. The van der Waals surface area contributed by atoms with Gasteiger partial charge in [0.15, 0.2) is 5.79 Å². The Morgan fingerprint density at radius 2 is 1.85 bits per heavy atom. The first-order valence-corrected chi connectivity index (χ1v) is 10.3. The van der Waals surface area contributed by atoms with Crippen LogP contribution in [0.25, 0.3) is 22.3 Å². The van der Waals surface area contributed by atoms with Crippen molar-refractivity contribution in [1.82, 2.24) is 9.88 Å². The number of rotatable bonds is 6. The first-order chi connectivity index (χ1) is 15.6. The first kappa shape index (κ1) is 22.3. The Bertz CT molecular complexity index is 1280. The van der Waals surface area contributed by atoms with Crippen molar-refractivity contribution in [2.24, 2.45) is 5.73 Å². The molecule has 0 unspecified atom stereocenters. The van der Waals surface area contributed by atoms with Crippen LogP contribution in [0.5, 0.6) is 5.75 Å². The number of primary amides is 1. The van der Waals surface area contributed by atoms with Crippen LogP contribution in [0.4, 0.5) is 14.5 Å². The number of nitrogens with one attached hydrogen (secondary N) is 1. The van der Waals surface area contributed by atoms with Crippen molar-refractivity contribution in [3.05, 3.63) is 59.2 Å². The molecule has 7 nitrogen and oxygen atoms in total. The van der Waals surface area contributed by atoms with Gasteiger partial charge in [0.1, 0.15) is 17.3 Å². The molecule has 1 aliphatic carbocycles. The molecule has 1 aliphatic rings. The molecule has 1 heterocycles. The van der Waals surface area contributed by atoms with E-state index in [2.05, 4.69) is 4.98 Å². The largest absolute Gasteiger partial charge is 0.496 e. The molecule has 1 saturated carbocycles. The second-order valence-electron chi connectivity index (χ2n) is 8.18. The van der Waals surface area contributed by atoms with Gasteiger partial charge in [0.2, 0.25) is 0 Å². The van der Waals surface area contributed by atoms with E-state index in [1.165, 1.54) is 32.4 Å². The van der Waals surface area contributed by atoms with Crippen molar-refractivity contribution in [3.8, 4) is 28.0 Å². The lowest BCUT2D eigenvalue weighted by atomic mass is 9.93. The lowest BCUT2D eigenvalue weighted by Crippen LogP contribution is -2.36. The van der Waals surface area contributed by atoms with Gasteiger partial charge in [-0.3, -0.25) is 9.59 Å². The fraction of sp³-hybridized carbons (Fsp3) is 0.250. The maximum absolute atomic E-state index is 14.8. The molecule has 33 heavy (non-hydrogen) atoms. The van der Waals surface area contributed by atoms with Crippen LogP contribution in [0.3, 0.4) is 0 Å². The molecule has 1 aromatic heterocycles. The Labute approximate surface area is 189 Å². The standard InChI is InChI=1S/C24H24F2N4O3/c1-12-19(15-7-5-14(27)11-17(15)25)20(21(29-12)22(28)31)13-4-6-16(18(10-13)33-3)23(32)30(2)24(26)8-9-24/h4-7,10-11,29H,8-9,27H2,1-3H3,(H2,28,31). The van der Waals surface area contributed by atoms with Crippen molar-refractivity contribution < 1.29 is 23.1 Å². The molecule has 172 valence electrons. The van der Waals surface area contributed by atoms with Crippen LogP contribution >= 0.6 is 0 Å². The van der Waals surface area contributed by atoms with Crippen LogP contribution in [-0.4, -0.2) is 41.6 Å². The summed E-state index contributed by atoms with van der Waals surface area (Å²) in [7, 11) is 2.79. The van der Waals surface area contributed by atoms with Gasteiger partial charge < -0.3 is 26.1 Å². The predicted molar refractivity (Wildman–Crippen MR) is 121 cm³/mol. The number of alkyl halides is 1. The number of aromatic nitrogens is 1. The van der Waals surface area contributed by atoms with E-state index in [4.69, 9.17) is 16.2 Å². The summed E-state index contributed by atoms with van der Waals surface area (Å²) >= 11 is 0. The first-order valence-electron chi connectivity index (χ1n) is 10.3. The molecule has 0 saturated heterocycles. The smallest absolute Gasteiger partial charge is 0.265 e. The number of aromatic amines is 1. The summed E-state index contributed by atoms with van der Waals surface area (Å²) in [5.74, 6) is -3.28. The summed E-state index contributed by atoms with van der Waals surface area (Å²) < 4.78 is 34.7. The van der Waals surface area contributed by atoms with Gasteiger partial charge >= 0.3 is 0 Å². The van der Waals surface area contributed by atoms with Crippen LogP contribution in [-0.2, 0) is 0 Å². The molecular weight excluding hydrogens is 430 g/mol. The third kappa shape index (κ3) is 3.79. The summed E-state index contributed by atoms with van der Waals surface area (Å²) in [5.41, 5.74) is 13.8. The van der Waals surface area contributed by atoms with E-state index in [0.717, 1.165) is 4.90 Å². The van der Waals surface area contributed by atoms with Crippen molar-refractivity contribution >= 4 is 17.5 Å². The van der Waals surface area contributed by atoms with Gasteiger partial charge in [-0.05, 0) is 42.8 Å². The van der Waals surface area contributed by atoms with Gasteiger partial charge in [-0.1, -0.05) is 6.07 Å². The minimum absolute atomic E-state index is 0.0812. The molecule has 0 radical (unpaired) electrons. The summed E-state index contributed by atoms with van der Waals surface area (Å²) in [6.45, 7) is 1.70. The van der Waals surface area contributed by atoms with E-state index in [1.54, 1.807) is 25.1 Å². The third-order valence-electron chi connectivity index (χ3n) is 5.99. The summed E-state index contributed by atoms with van der Waals surface area (Å²) in [4.78, 5) is 29.1. The number of ether oxygens (including phenoxy) is 1. The van der Waals surface area contributed by atoms with Crippen LogP contribution < -0.4 is 16.2 Å². The maximum atomic E-state index is 14.8. The zero-order chi connectivity index (χ0) is 24.1. The number of H-pyrrole nitrogens is 1. The average Bonchev–Trinajstić information content (AvgIpc) is 3.44. The number of hydrogen-bond donors (Lipinski definition) is 3. The minimum atomic E-state index is -1.64. The van der Waals surface area contributed by atoms with Crippen molar-refractivity contribution in [3.63, 3.8) is 0 Å². The second kappa shape index (κ2) is 7.91. The number of halogens is 2. The zero-order valence-electron chi connectivity index (χ0n) is 18.5. The molecule has 4 rings (SSSR count). The number of nitrogen functional groups attached to an aromatic ring is 1. The van der Waals surface area contributed by atoms with Crippen molar-refractivity contribution in [2.45, 2.75) is 25.6 Å². The van der Waals surface area contributed by atoms with Gasteiger partial charge in [-0.15, -0.1) is 0 Å². The summed E-state index contributed by atoms with van der Waals surface area (Å²) in [6.07, 6.45) is 0.577. The molecule has 5 N–H and O–H groups in total. The quantitative estimate of drug-likeness (QED) is 0.386. The molecule has 9 heteroatoms. The molecular formula is C24H24F2N4O3. The number of hydrogen-bond acceptors (Lipinski definition) is 4. The van der Waals surface area contributed by atoms with Gasteiger partial charge in [0, 0.05) is 48.0 Å². The second-order valence-corrected chi connectivity index (χ2v) is 8.18. The predicted octanol–water partition coefficient (Wildman–Crippen LogP) is 4.02. The van der Waals surface area contributed by atoms with Gasteiger partial charge in [0.05, 0.1) is 12.7 Å².